The molecule has 4 aromatic rings. The lowest BCUT2D eigenvalue weighted by Crippen LogP contribution is -2.39. The number of nitrogens with one attached hydrogen (secondary N) is 2. The van der Waals surface area contributed by atoms with Crippen LogP contribution in [-0.2, 0) is 27.3 Å². The summed E-state index contributed by atoms with van der Waals surface area (Å²) in [5, 5.41) is 5.83. The number of anilines is 3. The van der Waals surface area contributed by atoms with E-state index < -0.39 is 17.4 Å². The van der Waals surface area contributed by atoms with Gasteiger partial charge in [0.2, 0.25) is 5.91 Å². The maximum absolute atomic E-state index is 12.7. The SMILES string of the molecule is Cc1ccc(N(Cc2ccc(NC(=O)CCN3CCC(OC(=O)Nc4ccccc4-c4ccccc4)CC3)cc2)S(=O)O)cc1. The highest BCUT2D eigenvalue weighted by Crippen LogP contribution is 2.28. The number of rotatable bonds is 11. The number of carbonyl (C=O) groups is 2. The average molecular weight is 627 g/mol. The number of hydrogen-bond donors (Lipinski definition) is 3. The van der Waals surface area contributed by atoms with Gasteiger partial charge in [0, 0.05) is 37.3 Å². The Labute approximate surface area is 266 Å². The van der Waals surface area contributed by atoms with Gasteiger partial charge < -0.3 is 15.0 Å². The van der Waals surface area contributed by atoms with Crippen molar-refractivity contribution in [1.82, 2.24) is 4.90 Å². The number of amides is 2. The third kappa shape index (κ3) is 9.24. The molecule has 45 heavy (non-hydrogen) atoms. The first-order valence-corrected chi connectivity index (χ1v) is 16.1. The Morgan fingerprint density at radius 2 is 1.56 bits per heavy atom. The smallest absolute Gasteiger partial charge is 0.411 e. The minimum absolute atomic E-state index is 0.0877. The van der Waals surface area contributed by atoms with Gasteiger partial charge in [-0.15, -0.1) is 0 Å². The van der Waals surface area contributed by atoms with Gasteiger partial charge in [-0.05, 0) is 61.2 Å². The number of benzene rings is 4. The van der Waals surface area contributed by atoms with Gasteiger partial charge >= 0.3 is 6.09 Å². The molecule has 5 rings (SSSR count). The highest BCUT2D eigenvalue weighted by molar-refractivity contribution is 7.80. The number of nitrogens with zero attached hydrogens (tertiary/aromatic N) is 2. The second-order valence-electron chi connectivity index (χ2n) is 11.1. The third-order valence-corrected chi connectivity index (χ3v) is 8.50. The van der Waals surface area contributed by atoms with Gasteiger partial charge in [0.05, 0.1) is 17.9 Å². The summed E-state index contributed by atoms with van der Waals surface area (Å²) in [6.07, 6.45) is 1.11. The van der Waals surface area contributed by atoms with Crippen LogP contribution in [0.15, 0.2) is 103 Å². The van der Waals surface area contributed by atoms with E-state index in [2.05, 4.69) is 15.5 Å². The molecule has 9 nitrogen and oxygen atoms in total. The fourth-order valence-corrected chi connectivity index (χ4v) is 5.85. The number of aryl methyl sites for hydroxylation is 1. The first kappa shape index (κ1) is 31.9. The van der Waals surface area contributed by atoms with Crippen LogP contribution < -0.4 is 14.9 Å². The molecule has 4 aromatic carbocycles. The van der Waals surface area contributed by atoms with Crippen molar-refractivity contribution in [3.05, 3.63) is 114 Å². The van der Waals surface area contributed by atoms with E-state index in [9.17, 15) is 18.4 Å². The van der Waals surface area contributed by atoms with Gasteiger partial charge in [-0.3, -0.25) is 19.0 Å². The number of para-hydroxylation sites is 1. The topological polar surface area (TPSA) is 111 Å². The van der Waals surface area contributed by atoms with Crippen molar-refractivity contribution < 1.29 is 23.1 Å². The number of hydrogen-bond acceptors (Lipinski definition) is 5. The van der Waals surface area contributed by atoms with Crippen molar-refractivity contribution >= 4 is 40.3 Å². The molecule has 234 valence electrons. The van der Waals surface area contributed by atoms with Crippen molar-refractivity contribution in [2.75, 3.05) is 34.6 Å². The van der Waals surface area contributed by atoms with Crippen LogP contribution in [0.3, 0.4) is 0 Å². The molecule has 10 heteroatoms. The number of carbonyl (C=O) groups excluding carboxylic acids is 2. The van der Waals surface area contributed by atoms with Crippen LogP contribution in [0.1, 0.15) is 30.4 Å². The minimum Gasteiger partial charge on any atom is -0.446 e. The monoisotopic (exact) mass is 626 g/mol. The Balaban J connectivity index is 1.03. The molecule has 1 saturated heterocycles. The van der Waals surface area contributed by atoms with E-state index in [1.54, 1.807) is 12.1 Å². The van der Waals surface area contributed by atoms with Crippen LogP contribution in [0.25, 0.3) is 11.1 Å². The fourth-order valence-electron chi connectivity index (χ4n) is 5.29. The quantitative estimate of drug-likeness (QED) is 0.157. The Bertz CT molecular complexity index is 1590. The largest absolute Gasteiger partial charge is 0.446 e. The zero-order chi connectivity index (χ0) is 31.6. The maximum atomic E-state index is 12.7. The Hall–Kier alpha value is -4.51. The zero-order valence-corrected chi connectivity index (χ0v) is 26.0. The van der Waals surface area contributed by atoms with Crippen molar-refractivity contribution in [3.63, 3.8) is 0 Å². The summed E-state index contributed by atoms with van der Waals surface area (Å²) < 4.78 is 28.9. The Morgan fingerprint density at radius 3 is 2.24 bits per heavy atom. The highest BCUT2D eigenvalue weighted by Gasteiger charge is 2.23. The molecule has 0 aliphatic carbocycles. The van der Waals surface area contributed by atoms with Crippen LogP contribution in [0.2, 0.25) is 0 Å². The second kappa shape index (κ2) is 15.5. The summed E-state index contributed by atoms with van der Waals surface area (Å²) in [6, 6.07) is 32.3. The Kier molecular flexibility index (Phi) is 11.0. The van der Waals surface area contributed by atoms with Crippen LogP contribution >= 0.6 is 0 Å². The number of likely N-dealkylation sites (tertiary alicyclic amines) is 1. The molecule has 2 amide bonds. The normalized spacial score (nSPS) is 14.4. The van der Waals surface area contributed by atoms with E-state index in [4.69, 9.17) is 4.74 Å². The van der Waals surface area contributed by atoms with Crippen molar-refractivity contribution in [1.29, 1.82) is 0 Å². The highest BCUT2D eigenvalue weighted by atomic mass is 32.2. The van der Waals surface area contributed by atoms with Crippen molar-refractivity contribution in [2.24, 2.45) is 0 Å². The summed E-state index contributed by atoms with van der Waals surface area (Å²) in [4.78, 5) is 27.5. The van der Waals surface area contributed by atoms with Crippen LogP contribution in [0.5, 0.6) is 0 Å². The van der Waals surface area contributed by atoms with Gasteiger partial charge in [-0.25, -0.2) is 9.00 Å². The van der Waals surface area contributed by atoms with Crippen LogP contribution in [-0.4, -0.2) is 51.4 Å². The molecule has 0 aromatic heterocycles. The summed E-state index contributed by atoms with van der Waals surface area (Å²) in [5.74, 6) is -0.0877. The summed E-state index contributed by atoms with van der Waals surface area (Å²) in [7, 11) is 0. The zero-order valence-electron chi connectivity index (χ0n) is 25.2. The fraction of sp³-hybridized carbons (Fsp3) is 0.257. The molecule has 1 aliphatic heterocycles. The van der Waals surface area contributed by atoms with E-state index in [1.807, 2.05) is 97.9 Å². The third-order valence-electron chi connectivity index (χ3n) is 7.79. The molecule has 0 bridgehead atoms. The lowest BCUT2D eigenvalue weighted by molar-refractivity contribution is -0.116. The van der Waals surface area contributed by atoms with Gasteiger partial charge in [-0.2, -0.15) is 0 Å². The standard InChI is InChI=1S/C35H38N4O5S/c1-26-11-17-30(18-12-26)39(45(42)43)25-27-13-15-29(16-14-27)36-34(40)21-24-38-22-19-31(20-23-38)44-35(41)37-33-10-6-5-9-32(33)28-7-3-2-4-8-28/h2-18,31H,19-25H2,1H3,(H,36,40)(H,37,41)(H,42,43). The first-order valence-electron chi connectivity index (χ1n) is 15.0. The van der Waals surface area contributed by atoms with Crippen molar-refractivity contribution in [3.8, 4) is 11.1 Å². The molecule has 1 atom stereocenters. The van der Waals surface area contributed by atoms with Crippen LogP contribution in [0.4, 0.5) is 21.9 Å². The first-order chi connectivity index (χ1) is 21.8. The molecular formula is C35H38N4O5S. The van der Waals surface area contributed by atoms with Gasteiger partial charge in [-0.1, -0.05) is 78.4 Å². The van der Waals surface area contributed by atoms with E-state index in [0.29, 0.717) is 42.9 Å². The van der Waals surface area contributed by atoms with E-state index in [0.717, 1.165) is 35.3 Å². The molecule has 0 spiro atoms. The Morgan fingerprint density at radius 1 is 0.889 bits per heavy atom. The molecule has 0 radical (unpaired) electrons. The van der Waals surface area contributed by atoms with E-state index in [1.165, 1.54) is 4.31 Å². The number of piperidine rings is 1. The summed E-state index contributed by atoms with van der Waals surface area (Å²) in [5.41, 5.74) is 5.90. The van der Waals surface area contributed by atoms with E-state index in [-0.39, 0.29) is 18.6 Å². The lowest BCUT2D eigenvalue weighted by Gasteiger charge is -2.31. The minimum atomic E-state index is -2.17. The summed E-state index contributed by atoms with van der Waals surface area (Å²) >= 11 is -2.17. The molecule has 1 aliphatic rings. The molecular weight excluding hydrogens is 588 g/mol. The number of ether oxygens (including phenoxy) is 1. The van der Waals surface area contributed by atoms with Gasteiger partial charge in [0.25, 0.3) is 11.3 Å². The van der Waals surface area contributed by atoms with Crippen LogP contribution in [0, 0.1) is 6.92 Å². The van der Waals surface area contributed by atoms with E-state index >= 15 is 0 Å². The average Bonchev–Trinajstić information content (AvgIpc) is 3.05. The van der Waals surface area contributed by atoms with Crippen molar-refractivity contribution in [2.45, 2.75) is 38.8 Å². The molecule has 0 saturated carbocycles. The predicted octanol–water partition coefficient (Wildman–Crippen LogP) is 6.85. The lowest BCUT2D eigenvalue weighted by atomic mass is 10.0. The predicted molar refractivity (Wildman–Crippen MR) is 179 cm³/mol. The molecule has 3 N–H and O–H groups in total. The molecule has 1 heterocycles. The summed E-state index contributed by atoms with van der Waals surface area (Å²) in [6.45, 7) is 4.31. The molecule has 1 fully saturated rings. The second-order valence-corrected chi connectivity index (χ2v) is 12.0. The molecule has 1 unspecified atom stereocenters. The van der Waals surface area contributed by atoms with Gasteiger partial charge in [0.15, 0.2) is 0 Å². The maximum Gasteiger partial charge on any atom is 0.411 e. The van der Waals surface area contributed by atoms with Gasteiger partial charge in [0.1, 0.15) is 6.10 Å².